The number of nitrogens with zero attached hydrogens (tertiary/aromatic N) is 2. The molecule has 2 aliphatic rings. The Labute approximate surface area is 107 Å². The van der Waals surface area contributed by atoms with E-state index in [2.05, 4.69) is 51.3 Å². The van der Waals surface area contributed by atoms with Crippen molar-refractivity contribution >= 4 is 0 Å². The van der Waals surface area contributed by atoms with Crippen molar-refractivity contribution in [2.45, 2.75) is 72.0 Å². The van der Waals surface area contributed by atoms with Gasteiger partial charge in [-0.3, -0.25) is 9.80 Å². The molecule has 0 amide bonds. The summed E-state index contributed by atoms with van der Waals surface area (Å²) in [4.78, 5) is 5.42. The second-order valence-electron chi connectivity index (χ2n) is 7.19. The smallest absolute Gasteiger partial charge is 0.0365 e. The van der Waals surface area contributed by atoms with Gasteiger partial charge in [0, 0.05) is 24.2 Å². The van der Waals surface area contributed by atoms with Gasteiger partial charge in [-0.15, -0.1) is 0 Å². The molecule has 17 heavy (non-hydrogen) atoms. The third-order valence-electron chi connectivity index (χ3n) is 5.65. The maximum atomic E-state index is 2.75. The molecule has 0 spiro atoms. The Morgan fingerprint density at radius 1 is 0.882 bits per heavy atom. The van der Waals surface area contributed by atoms with Crippen LogP contribution < -0.4 is 0 Å². The predicted molar refractivity (Wildman–Crippen MR) is 74.3 cm³/mol. The van der Waals surface area contributed by atoms with Crippen molar-refractivity contribution in [1.29, 1.82) is 0 Å². The summed E-state index contributed by atoms with van der Waals surface area (Å²) in [7, 11) is 0. The molecule has 0 N–H and O–H groups in total. The molecule has 0 aliphatic carbocycles. The summed E-state index contributed by atoms with van der Waals surface area (Å²) < 4.78 is 0. The van der Waals surface area contributed by atoms with Crippen LogP contribution in [0.1, 0.15) is 54.4 Å². The van der Waals surface area contributed by atoms with Crippen LogP contribution >= 0.6 is 0 Å². The fourth-order valence-electron chi connectivity index (χ4n) is 4.04. The zero-order valence-electron chi connectivity index (χ0n) is 12.6. The second-order valence-corrected chi connectivity index (χ2v) is 7.19. The van der Waals surface area contributed by atoms with Gasteiger partial charge < -0.3 is 0 Å². The molecule has 2 rings (SSSR count). The van der Waals surface area contributed by atoms with Crippen molar-refractivity contribution in [3.63, 3.8) is 0 Å². The first kappa shape index (κ1) is 13.4. The lowest BCUT2D eigenvalue weighted by atomic mass is 9.67. The lowest BCUT2D eigenvalue weighted by molar-refractivity contribution is -0.0434. The average Bonchev–Trinajstić information content (AvgIpc) is 2.49. The molecule has 0 unspecified atom stereocenters. The van der Waals surface area contributed by atoms with Crippen LogP contribution in [0.4, 0.5) is 0 Å². The van der Waals surface area contributed by atoms with E-state index in [0.29, 0.717) is 23.0 Å². The molecule has 2 saturated heterocycles. The number of likely N-dealkylation sites (tertiary alicyclic amines) is 2. The third-order valence-corrected chi connectivity index (χ3v) is 5.65. The van der Waals surface area contributed by atoms with E-state index in [1.54, 1.807) is 0 Å². The number of hydrogen-bond donors (Lipinski definition) is 0. The highest BCUT2D eigenvalue weighted by Gasteiger charge is 2.56. The van der Waals surface area contributed by atoms with Crippen molar-refractivity contribution in [3.8, 4) is 0 Å². The van der Waals surface area contributed by atoms with Crippen LogP contribution in [0, 0.1) is 5.41 Å². The topological polar surface area (TPSA) is 6.48 Å². The number of rotatable bonds is 2. The Kier molecular flexibility index (Phi) is 3.33. The molecule has 2 fully saturated rings. The summed E-state index contributed by atoms with van der Waals surface area (Å²) in [6.07, 6.45) is 2.75. The Bertz CT molecular complexity index is 287. The lowest BCUT2D eigenvalue weighted by Gasteiger charge is -2.54. The zero-order valence-corrected chi connectivity index (χ0v) is 12.6. The number of piperidine rings is 1. The fourth-order valence-corrected chi connectivity index (χ4v) is 4.04. The molecule has 2 aliphatic heterocycles. The summed E-state index contributed by atoms with van der Waals surface area (Å²) in [6.45, 7) is 18.2. The molecule has 0 bridgehead atoms. The Morgan fingerprint density at radius 3 is 2.00 bits per heavy atom. The van der Waals surface area contributed by atoms with Gasteiger partial charge in [0.25, 0.3) is 0 Å². The number of fused-ring (bicyclic) bond motifs is 1. The zero-order chi connectivity index (χ0) is 12.8. The summed E-state index contributed by atoms with van der Waals surface area (Å²) in [5.74, 6) is 0. The largest absolute Gasteiger partial charge is 0.299 e. The van der Waals surface area contributed by atoms with Crippen molar-refractivity contribution in [2.75, 3.05) is 19.6 Å². The van der Waals surface area contributed by atoms with Gasteiger partial charge in [-0.25, -0.2) is 0 Å². The second kappa shape index (κ2) is 4.24. The van der Waals surface area contributed by atoms with E-state index in [0.717, 1.165) is 0 Å². The molecule has 2 nitrogen and oxygen atoms in total. The molecular formula is C15H30N2. The molecule has 2 heterocycles. The maximum absolute atomic E-state index is 2.75. The van der Waals surface area contributed by atoms with E-state index in [9.17, 15) is 0 Å². The van der Waals surface area contributed by atoms with E-state index < -0.39 is 0 Å². The van der Waals surface area contributed by atoms with Crippen LogP contribution in [0.25, 0.3) is 0 Å². The Balaban J connectivity index is 2.25. The molecule has 0 aromatic heterocycles. The minimum Gasteiger partial charge on any atom is -0.299 e. The number of hydrogen-bond acceptors (Lipinski definition) is 2. The van der Waals surface area contributed by atoms with E-state index in [4.69, 9.17) is 0 Å². The first-order valence-electron chi connectivity index (χ1n) is 7.31. The van der Waals surface area contributed by atoms with Crippen molar-refractivity contribution in [3.05, 3.63) is 0 Å². The van der Waals surface area contributed by atoms with Crippen LogP contribution in [0.5, 0.6) is 0 Å². The van der Waals surface area contributed by atoms with Gasteiger partial charge >= 0.3 is 0 Å². The predicted octanol–water partition coefficient (Wildman–Crippen LogP) is 2.98. The maximum Gasteiger partial charge on any atom is 0.0365 e. The minimum absolute atomic E-state index is 0.379. The van der Waals surface area contributed by atoms with Crippen molar-refractivity contribution in [2.24, 2.45) is 5.41 Å². The fraction of sp³-hybridized carbons (Fsp3) is 1.00. The van der Waals surface area contributed by atoms with Gasteiger partial charge in [0.1, 0.15) is 0 Å². The highest BCUT2D eigenvalue weighted by Crippen LogP contribution is 2.51. The lowest BCUT2D eigenvalue weighted by Crippen LogP contribution is -2.63. The normalized spacial score (nSPS) is 40.2. The highest BCUT2D eigenvalue weighted by atomic mass is 15.3. The standard InChI is InChI=1S/C15H30N2/c1-12(2)16-9-7-14(5)8-10-17(13(3)4)15(14,6)11-16/h12-13H,7-11H2,1-6H3/t14-,15-/m0/s1. The van der Waals surface area contributed by atoms with Crippen LogP contribution in [0.2, 0.25) is 0 Å². The van der Waals surface area contributed by atoms with E-state index in [-0.39, 0.29) is 0 Å². The molecule has 100 valence electrons. The molecule has 2 atom stereocenters. The third kappa shape index (κ3) is 1.94. The summed E-state index contributed by atoms with van der Waals surface area (Å²) >= 11 is 0. The van der Waals surface area contributed by atoms with Gasteiger partial charge in [-0.1, -0.05) is 6.92 Å². The molecule has 0 saturated carbocycles. The molecule has 0 radical (unpaired) electrons. The quantitative estimate of drug-likeness (QED) is 0.730. The van der Waals surface area contributed by atoms with Crippen LogP contribution in [0.3, 0.4) is 0 Å². The highest BCUT2D eigenvalue weighted by molar-refractivity contribution is 5.11. The molecule has 2 heteroatoms. The minimum atomic E-state index is 0.379. The van der Waals surface area contributed by atoms with Gasteiger partial charge in [0.15, 0.2) is 0 Å². The SMILES string of the molecule is CC(C)N1CC[C@@]2(C)CCN(C(C)C)[C@@]2(C)C1. The van der Waals surface area contributed by atoms with Crippen molar-refractivity contribution < 1.29 is 0 Å². The van der Waals surface area contributed by atoms with E-state index in [1.165, 1.54) is 32.5 Å². The van der Waals surface area contributed by atoms with Crippen LogP contribution in [-0.2, 0) is 0 Å². The summed E-state index contributed by atoms with van der Waals surface area (Å²) in [5.41, 5.74) is 0.909. The van der Waals surface area contributed by atoms with Crippen LogP contribution in [-0.4, -0.2) is 47.1 Å². The molecule has 0 aromatic rings. The summed E-state index contributed by atoms with van der Waals surface area (Å²) in [6, 6.07) is 1.36. The van der Waals surface area contributed by atoms with Gasteiger partial charge in [0.2, 0.25) is 0 Å². The Hall–Kier alpha value is -0.0800. The van der Waals surface area contributed by atoms with Gasteiger partial charge in [-0.2, -0.15) is 0 Å². The first-order valence-corrected chi connectivity index (χ1v) is 7.31. The average molecular weight is 238 g/mol. The Morgan fingerprint density at radius 2 is 1.47 bits per heavy atom. The first-order chi connectivity index (χ1) is 7.80. The van der Waals surface area contributed by atoms with Crippen molar-refractivity contribution in [1.82, 2.24) is 9.80 Å². The van der Waals surface area contributed by atoms with E-state index >= 15 is 0 Å². The molecule has 0 aromatic carbocycles. The summed E-state index contributed by atoms with van der Waals surface area (Å²) in [5, 5.41) is 0. The van der Waals surface area contributed by atoms with Gasteiger partial charge in [-0.05, 0) is 66.0 Å². The van der Waals surface area contributed by atoms with Crippen LogP contribution in [0.15, 0.2) is 0 Å². The van der Waals surface area contributed by atoms with Gasteiger partial charge in [0.05, 0.1) is 0 Å². The molecular weight excluding hydrogens is 208 g/mol. The monoisotopic (exact) mass is 238 g/mol. The van der Waals surface area contributed by atoms with E-state index in [1.807, 2.05) is 0 Å².